The third kappa shape index (κ3) is 3.35. The van der Waals surface area contributed by atoms with Crippen LogP contribution in [0.25, 0.3) is 0 Å². The minimum atomic E-state index is -0.316. The Morgan fingerprint density at radius 3 is 2.67 bits per heavy atom. The minimum Gasteiger partial charge on any atom is -0.379 e. The molecule has 0 saturated heterocycles. The average Bonchev–Trinajstić information content (AvgIpc) is 2.74. The van der Waals surface area contributed by atoms with Gasteiger partial charge in [0.25, 0.3) is 0 Å². The third-order valence-corrected chi connectivity index (χ3v) is 2.57. The molecule has 1 aromatic heterocycles. The zero-order valence-corrected chi connectivity index (χ0v) is 10.2. The SMILES string of the molecule is Cc1ncc(CNc2ccc(CC(N)=O)cc2)[nH]1. The fourth-order valence-corrected chi connectivity index (χ4v) is 1.70. The van der Waals surface area contributed by atoms with E-state index in [1.54, 1.807) is 0 Å². The number of aromatic nitrogens is 2. The monoisotopic (exact) mass is 244 g/mol. The van der Waals surface area contributed by atoms with Gasteiger partial charge in [-0.05, 0) is 24.6 Å². The molecule has 0 spiro atoms. The summed E-state index contributed by atoms with van der Waals surface area (Å²) in [5, 5.41) is 3.27. The van der Waals surface area contributed by atoms with Gasteiger partial charge in [0.05, 0.1) is 24.9 Å². The predicted octanol–water partition coefficient (Wildman–Crippen LogP) is 1.36. The number of H-pyrrole nitrogens is 1. The first-order chi connectivity index (χ1) is 8.63. The first-order valence-corrected chi connectivity index (χ1v) is 5.75. The average molecular weight is 244 g/mol. The molecular weight excluding hydrogens is 228 g/mol. The zero-order chi connectivity index (χ0) is 13.0. The number of carbonyl (C=O) groups is 1. The van der Waals surface area contributed by atoms with Crippen LogP contribution in [0.4, 0.5) is 5.69 Å². The molecule has 0 aliphatic carbocycles. The number of hydrogen-bond donors (Lipinski definition) is 3. The summed E-state index contributed by atoms with van der Waals surface area (Å²) in [6.45, 7) is 2.61. The molecule has 1 aromatic carbocycles. The van der Waals surface area contributed by atoms with Gasteiger partial charge in [-0.3, -0.25) is 4.79 Å². The van der Waals surface area contributed by atoms with Gasteiger partial charge in [-0.2, -0.15) is 0 Å². The fourth-order valence-electron chi connectivity index (χ4n) is 1.70. The standard InChI is InChI=1S/C13H16N4O/c1-9-15-7-12(17-9)8-16-11-4-2-10(3-5-11)6-13(14)18/h2-5,7,16H,6,8H2,1H3,(H2,14,18)(H,15,17). The summed E-state index contributed by atoms with van der Waals surface area (Å²) in [5.74, 6) is 0.590. The highest BCUT2D eigenvalue weighted by molar-refractivity contribution is 5.76. The lowest BCUT2D eigenvalue weighted by atomic mass is 10.1. The summed E-state index contributed by atoms with van der Waals surface area (Å²) in [5.41, 5.74) is 8.09. The van der Waals surface area contributed by atoms with Crippen molar-refractivity contribution >= 4 is 11.6 Å². The Morgan fingerprint density at radius 2 is 2.11 bits per heavy atom. The number of nitrogens with zero attached hydrogens (tertiary/aromatic N) is 1. The molecule has 5 nitrogen and oxygen atoms in total. The molecule has 0 saturated carbocycles. The van der Waals surface area contributed by atoms with E-state index in [4.69, 9.17) is 5.73 Å². The molecule has 0 atom stereocenters. The van der Waals surface area contributed by atoms with Crippen molar-refractivity contribution in [2.24, 2.45) is 5.73 Å². The third-order valence-electron chi connectivity index (χ3n) is 2.57. The van der Waals surface area contributed by atoms with Crippen LogP contribution in [-0.2, 0) is 17.8 Å². The number of benzene rings is 1. The number of carbonyl (C=O) groups excluding carboxylic acids is 1. The molecule has 18 heavy (non-hydrogen) atoms. The van der Waals surface area contributed by atoms with E-state index in [1.807, 2.05) is 37.4 Å². The first kappa shape index (κ1) is 12.2. The van der Waals surface area contributed by atoms with Gasteiger partial charge in [-0.15, -0.1) is 0 Å². The van der Waals surface area contributed by atoms with Crippen LogP contribution in [0, 0.1) is 6.92 Å². The Balaban J connectivity index is 1.92. The largest absolute Gasteiger partial charge is 0.379 e. The van der Waals surface area contributed by atoms with E-state index in [0.29, 0.717) is 6.54 Å². The second-order valence-electron chi connectivity index (χ2n) is 4.19. The number of aryl methyl sites for hydroxylation is 1. The van der Waals surface area contributed by atoms with Crippen molar-refractivity contribution in [2.45, 2.75) is 19.9 Å². The van der Waals surface area contributed by atoms with Crippen LogP contribution in [0.2, 0.25) is 0 Å². The summed E-state index contributed by atoms with van der Waals surface area (Å²) < 4.78 is 0. The molecule has 4 N–H and O–H groups in total. The van der Waals surface area contributed by atoms with E-state index >= 15 is 0 Å². The highest BCUT2D eigenvalue weighted by atomic mass is 16.1. The summed E-state index contributed by atoms with van der Waals surface area (Å²) in [4.78, 5) is 18.0. The zero-order valence-electron chi connectivity index (χ0n) is 10.2. The van der Waals surface area contributed by atoms with E-state index < -0.39 is 0 Å². The summed E-state index contributed by atoms with van der Waals surface area (Å²) in [7, 11) is 0. The Labute approximate surface area is 105 Å². The van der Waals surface area contributed by atoms with Gasteiger partial charge < -0.3 is 16.0 Å². The fraction of sp³-hybridized carbons (Fsp3) is 0.231. The molecule has 5 heteroatoms. The topological polar surface area (TPSA) is 83.8 Å². The first-order valence-electron chi connectivity index (χ1n) is 5.75. The van der Waals surface area contributed by atoms with E-state index in [-0.39, 0.29) is 12.3 Å². The second-order valence-corrected chi connectivity index (χ2v) is 4.19. The molecule has 0 aliphatic heterocycles. The Morgan fingerprint density at radius 1 is 1.39 bits per heavy atom. The van der Waals surface area contributed by atoms with Crippen molar-refractivity contribution in [3.8, 4) is 0 Å². The number of nitrogens with two attached hydrogens (primary N) is 1. The van der Waals surface area contributed by atoms with Crippen molar-refractivity contribution in [1.82, 2.24) is 9.97 Å². The number of amides is 1. The molecule has 1 amide bonds. The number of aromatic amines is 1. The van der Waals surface area contributed by atoms with E-state index in [9.17, 15) is 4.79 Å². The molecule has 0 unspecified atom stereocenters. The Hall–Kier alpha value is -2.30. The van der Waals surface area contributed by atoms with Crippen molar-refractivity contribution < 1.29 is 4.79 Å². The molecular formula is C13H16N4O. The van der Waals surface area contributed by atoms with Gasteiger partial charge in [0.2, 0.25) is 5.91 Å². The van der Waals surface area contributed by atoms with Crippen LogP contribution in [0.3, 0.4) is 0 Å². The van der Waals surface area contributed by atoms with Gasteiger partial charge >= 0.3 is 0 Å². The Bertz CT molecular complexity index is 530. The maximum absolute atomic E-state index is 10.8. The molecule has 94 valence electrons. The van der Waals surface area contributed by atoms with Crippen molar-refractivity contribution in [2.75, 3.05) is 5.32 Å². The lowest BCUT2D eigenvalue weighted by Gasteiger charge is -2.05. The van der Waals surface area contributed by atoms with Gasteiger partial charge in [-0.1, -0.05) is 12.1 Å². The summed E-state index contributed by atoms with van der Waals surface area (Å²) in [6, 6.07) is 7.65. The maximum Gasteiger partial charge on any atom is 0.221 e. The Kier molecular flexibility index (Phi) is 3.62. The smallest absolute Gasteiger partial charge is 0.221 e. The van der Waals surface area contributed by atoms with Crippen molar-refractivity contribution in [3.05, 3.63) is 47.5 Å². The maximum atomic E-state index is 10.8. The van der Waals surface area contributed by atoms with E-state index in [1.165, 1.54) is 0 Å². The molecule has 2 rings (SSSR count). The number of primary amides is 1. The van der Waals surface area contributed by atoms with E-state index in [0.717, 1.165) is 22.8 Å². The number of nitrogens with one attached hydrogen (secondary N) is 2. The van der Waals surface area contributed by atoms with Crippen molar-refractivity contribution in [1.29, 1.82) is 0 Å². The quantitative estimate of drug-likeness (QED) is 0.742. The van der Waals surface area contributed by atoms with Crippen LogP contribution in [0.1, 0.15) is 17.1 Å². The normalized spacial score (nSPS) is 10.3. The van der Waals surface area contributed by atoms with E-state index in [2.05, 4.69) is 15.3 Å². The minimum absolute atomic E-state index is 0.278. The predicted molar refractivity (Wildman–Crippen MR) is 70.0 cm³/mol. The summed E-state index contributed by atoms with van der Waals surface area (Å²) >= 11 is 0. The number of rotatable bonds is 5. The van der Waals surface area contributed by atoms with Gasteiger partial charge in [0, 0.05) is 5.69 Å². The second kappa shape index (κ2) is 5.35. The van der Waals surface area contributed by atoms with Crippen LogP contribution in [0.5, 0.6) is 0 Å². The number of anilines is 1. The molecule has 0 aliphatic rings. The summed E-state index contributed by atoms with van der Waals surface area (Å²) in [6.07, 6.45) is 2.09. The highest BCUT2D eigenvalue weighted by Gasteiger charge is 2.00. The lowest BCUT2D eigenvalue weighted by molar-refractivity contribution is -0.117. The van der Waals surface area contributed by atoms with Gasteiger partial charge in [-0.25, -0.2) is 4.98 Å². The molecule has 2 aromatic rings. The molecule has 0 fully saturated rings. The number of imidazole rings is 1. The van der Waals surface area contributed by atoms with Crippen LogP contribution in [0.15, 0.2) is 30.5 Å². The lowest BCUT2D eigenvalue weighted by Crippen LogP contribution is -2.13. The van der Waals surface area contributed by atoms with Crippen molar-refractivity contribution in [3.63, 3.8) is 0 Å². The molecule has 0 bridgehead atoms. The van der Waals surface area contributed by atoms with Crippen LogP contribution >= 0.6 is 0 Å². The van der Waals surface area contributed by atoms with Crippen LogP contribution < -0.4 is 11.1 Å². The van der Waals surface area contributed by atoms with Gasteiger partial charge in [0.15, 0.2) is 0 Å². The van der Waals surface area contributed by atoms with Gasteiger partial charge in [0.1, 0.15) is 5.82 Å². The highest BCUT2D eigenvalue weighted by Crippen LogP contribution is 2.11. The molecule has 0 radical (unpaired) electrons. The van der Waals surface area contributed by atoms with Crippen LogP contribution in [-0.4, -0.2) is 15.9 Å². The number of hydrogen-bond acceptors (Lipinski definition) is 3. The molecule has 1 heterocycles.